The molecular formula is C14H17N2O3-. The van der Waals surface area contributed by atoms with Crippen molar-refractivity contribution in [2.45, 2.75) is 32.2 Å². The van der Waals surface area contributed by atoms with Gasteiger partial charge in [-0.2, -0.15) is 0 Å². The SMILES string of the molecule is O=C(NCc1ccccn1)[C@H]1CCCC[C@H]1C(=O)[O-]. The van der Waals surface area contributed by atoms with Crippen LogP contribution in [0.3, 0.4) is 0 Å². The quantitative estimate of drug-likeness (QED) is 0.842. The average molecular weight is 261 g/mol. The molecule has 1 N–H and O–H groups in total. The molecule has 1 aliphatic rings. The summed E-state index contributed by atoms with van der Waals surface area (Å²) in [4.78, 5) is 27.2. The van der Waals surface area contributed by atoms with E-state index in [0.29, 0.717) is 19.4 Å². The van der Waals surface area contributed by atoms with Crippen LogP contribution in [0, 0.1) is 11.8 Å². The third-order valence-corrected chi connectivity index (χ3v) is 3.58. The van der Waals surface area contributed by atoms with Crippen LogP contribution in [0.1, 0.15) is 31.4 Å². The summed E-state index contributed by atoms with van der Waals surface area (Å²) in [6.07, 6.45) is 4.55. The Labute approximate surface area is 112 Å². The Kier molecular flexibility index (Phi) is 4.49. The van der Waals surface area contributed by atoms with Crippen LogP contribution < -0.4 is 10.4 Å². The molecule has 1 aromatic rings. The number of carboxylic acids is 1. The first kappa shape index (κ1) is 13.5. The van der Waals surface area contributed by atoms with Crippen molar-refractivity contribution < 1.29 is 14.7 Å². The van der Waals surface area contributed by atoms with E-state index >= 15 is 0 Å². The van der Waals surface area contributed by atoms with Gasteiger partial charge in [0.2, 0.25) is 5.91 Å². The molecule has 0 unspecified atom stereocenters. The number of carbonyl (C=O) groups is 2. The van der Waals surface area contributed by atoms with Crippen LogP contribution in [0.25, 0.3) is 0 Å². The standard InChI is InChI=1S/C14H18N2O3/c17-13(16-9-10-5-3-4-8-15-10)11-6-1-2-7-12(11)14(18)19/h3-5,8,11-12H,1-2,6-7,9H2,(H,16,17)(H,18,19)/p-1/t11-,12+/m0/s1. The normalized spacial score (nSPS) is 22.7. The van der Waals surface area contributed by atoms with E-state index in [1.54, 1.807) is 12.3 Å². The van der Waals surface area contributed by atoms with Crippen molar-refractivity contribution in [3.8, 4) is 0 Å². The minimum atomic E-state index is -1.11. The Morgan fingerprint density at radius 3 is 2.63 bits per heavy atom. The van der Waals surface area contributed by atoms with Crippen molar-refractivity contribution in [1.82, 2.24) is 10.3 Å². The maximum Gasteiger partial charge on any atom is 0.224 e. The van der Waals surface area contributed by atoms with E-state index in [1.165, 1.54) is 0 Å². The summed E-state index contributed by atoms with van der Waals surface area (Å²) in [5, 5.41) is 13.8. The number of aromatic nitrogens is 1. The highest BCUT2D eigenvalue weighted by Gasteiger charge is 2.31. The van der Waals surface area contributed by atoms with Gasteiger partial charge in [0, 0.05) is 24.0 Å². The van der Waals surface area contributed by atoms with Crippen LogP contribution in [0.4, 0.5) is 0 Å². The molecule has 102 valence electrons. The lowest BCUT2D eigenvalue weighted by Crippen LogP contribution is -2.44. The number of carbonyl (C=O) groups excluding carboxylic acids is 2. The molecule has 2 atom stereocenters. The minimum absolute atomic E-state index is 0.209. The Bertz CT molecular complexity index is 447. The predicted octanol–water partition coefficient (Wildman–Crippen LogP) is 0.254. The summed E-state index contributed by atoms with van der Waals surface area (Å²) >= 11 is 0. The molecule has 0 radical (unpaired) electrons. The highest BCUT2D eigenvalue weighted by atomic mass is 16.4. The Morgan fingerprint density at radius 1 is 1.26 bits per heavy atom. The number of nitrogens with one attached hydrogen (secondary N) is 1. The van der Waals surface area contributed by atoms with E-state index in [4.69, 9.17) is 0 Å². The second-order valence-corrected chi connectivity index (χ2v) is 4.86. The molecule has 0 saturated heterocycles. The molecule has 1 saturated carbocycles. The number of aliphatic carboxylic acids is 1. The van der Waals surface area contributed by atoms with Gasteiger partial charge in [-0.15, -0.1) is 0 Å². The number of rotatable bonds is 4. The number of nitrogens with zero attached hydrogens (tertiary/aromatic N) is 1. The summed E-state index contributed by atoms with van der Waals surface area (Å²) in [6, 6.07) is 5.47. The summed E-state index contributed by atoms with van der Waals surface area (Å²) in [5.74, 6) is -2.45. The molecule has 0 spiro atoms. The third-order valence-electron chi connectivity index (χ3n) is 3.58. The summed E-state index contributed by atoms with van der Waals surface area (Å²) in [5.41, 5.74) is 0.761. The van der Waals surface area contributed by atoms with Gasteiger partial charge in [0.05, 0.1) is 12.2 Å². The lowest BCUT2D eigenvalue weighted by Gasteiger charge is -2.31. The van der Waals surface area contributed by atoms with Gasteiger partial charge in [0.25, 0.3) is 0 Å². The summed E-state index contributed by atoms with van der Waals surface area (Å²) in [7, 11) is 0. The molecule has 0 aliphatic heterocycles. The van der Waals surface area contributed by atoms with E-state index in [2.05, 4.69) is 10.3 Å². The average Bonchev–Trinajstić information content (AvgIpc) is 2.46. The van der Waals surface area contributed by atoms with E-state index in [-0.39, 0.29) is 5.91 Å². The van der Waals surface area contributed by atoms with Crippen LogP contribution in [0.15, 0.2) is 24.4 Å². The van der Waals surface area contributed by atoms with Crippen molar-refractivity contribution in [3.63, 3.8) is 0 Å². The topological polar surface area (TPSA) is 82.1 Å². The Morgan fingerprint density at radius 2 is 2.00 bits per heavy atom. The fourth-order valence-corrected chi connectivity index (χ4v) is 2.54. The lowest BCUT2D eigenvalue weighted by atomic mass is 9.78. The largest absolute Gasteiger partial charge is 0.550 e. The lowest BCUT2D eigenvalue weighted by molar-refractivity contribution is -0.314. The van der Waals surface area contributed by atoms with Gasteiger partial charge in [-0.05, 0) is 25.0 Å². The first-order valence-electron chi connectivity index (χ1n) is 6.57. The second kappa shape index (κ2) is 6.31. The number of hydrogen-bond acceptors (Lipinski definition) is 4. The van der Waals surface area contributed by atoms with Crippen LogP contribution in [-0.2, 0) is 16.1 Å². The fraction of sp³-hybridized carbons (Fsp3) is 0.500. The zero-order valence-electron chi connectivity index (χ0n) is 10.7. The van der Waals surface area contributed by atoms with Gasteiger partial charge in [0.1, 0.15) is 0 Å². The first-order valence-corrected chi connectivity index (χ1v) is 6.57. The van der Waals surface area contributed by atoms with Crippen LogP contribution in [-0.4, -0.2) is 16.9 Å². The van der Waals surface area contributed by atoms with Crippen molar-refractivity contribution >= 4 is 11.9 Å². The third kappa shape index (κ3) is 3.53. The van der Waals surface area contributed by atoms with E-state index in [0.717, 1.165) is 18.5 Å². The zero-order valence-corrected chi connectivity index (χ0v) is 10.7. The van der Waals surface area contributed by atoms with Crippen LogP contribution in [0.5, 0.6) is 0 Å². The van der Waals surface area contributed by atoms with E-state index in [9.17, 15) is 14.7 Å². The summed E-state index contributed by atoms with van der Waals surface area (Å²) in [6.45, 7) is 0.329. The van der Waals surface area contributed by atoms with Crippen molar-refractivity contribution in [3.05, 3.63) is 30.1 Å². The van der Waals surface area contributed by atoms with Crippen molar-refractivity contribution in [1.29, 1.82) is 0 Å². The maximum atomic E-state index is 12.1. The number of hydrogen-bond donors (Lipinski definition) is 1. The van der Waals surface area contributed by atoms with Gasteiger partial charge in [-0.25, -0.2) is 0 Å². The second-order valence-electron chi connectivity index (χ2n) is 4.86. The van der Waals surface area contributed by atoms with Gasteiger partial charge in [-0.1, -0.05) is 18.9 Å². The molecule has 19 heavy (non-hydrogen) atoms. The molecule has 1 amide bonds. The number of amides is 1. The van der Waals surface area contributed by atoms with Gasteiger partial charge < -0.3 is 15.2 Å². The smallest absolute Gasteiger partial charge is 0.224 e. The van der Waals surface area contributed by atoms with Gasteiger partial charge >= 0.3 is 0 Å². The van der Waals surface area contributed by atoms with E-state index in [1.807, 2.05) is 12.1 Å². The Hall–Kier alpha value is -1.91. The molecule has 2 rings (SSSR count). The highest BCUT2D eigenvalue weighted by Crippen LogP contribution is 2.29. The molecule has 5 nitrogen and oxygen atoms in total. The highest BCUT2D eigenvalue weighted by molar-refractivity contribution is 5.84. The minimum Gasteiger partial charge on any atom is -0.550 e. The summed E-state index contributed by atoms with van der Waals surface area (Å²) < 4.78 is 0. The molecule has 1 heterocycles. The van der Waals surface area contributed by atoms with Crippen LogP contribution >= 0.6 is 0 Å². The molecule has 0 aromatic carbocycles. The fourth-order valence-electron chi connectivity index (χ4n) is 2.54. The molecule has 1 fully saturated rings. The number of carboxylic acid groups (broad SMARTS) is 1. The zero-order chi connectivity index (χ0) is 13.7. The predicted molar refractivity (Wildman–Crippen MR) is 66.5 cm³/mol. The molecule has 0 bridgehead atoms. The molecular weight excluding hydrogens is 244 g/mol. The van der Waals surface area contributed by atoms with Crippen LogP contribution in [0.2, 0.25) is 0 Å². The van der Waals surface area contributed by atoms with Gasteiger partial charge in [-0.3, -0.25) is 9.78 Å². The maximum absolute atomic E-state index is 12.1. The first-order chi connectivity index (χ1) is 9.18. The van der Waals surface area contributed by atoms with E-state index < -0.39 is 17.8 Å². The number of pyridine rings is 1. The molecule has 1 aromatic heterocycles. The van der Waals surface area contributed by atoms with Crippen molar-refractivity contribution in [2.24, 2.45) is 11.8 Å². The molecule has 5 heteroatoms. The van der Waals surface area contributed by atoms with Gasteiger partial charge in [0.15, 0.2) is 0 Å². The molecule has 1 aliphatic carbocycles. The monoisotopic (exact) mass is 261 g/mol. The van der Waals surface area contributed by atoms with Crippen molar-refractivity contribution in [2.75, 3.05) is 0 Å². The Balaban J connectivity index is 1.93.